The first-order valence-electron chi connectivity index (χ1n) is 5.14. The molecule has 0 heterocycles. The average Bonchev–Trinajstić information content (AvgIpc) is 2.55. The Labute approximate surface area is 68.7 Å². The molecule has 0 unspecified atom stereocenters. The van der Waals surface area contributed by atoms with Gasteiger partial charge in [0.15, 0.2) is 0 Å². The van der Waals surface area contributed by atoms with Gasteiger partial charge in [-0.2, -0.15) is 0 Å². The Kier molecular flexibility index (Phi) is 1.21. The van der Waals surface area contributed by atoms with E-state index in [0.717, 1.165) is 17.8 Å². The Balaban J connectivity index is 1.96. The van der Waals surface area contributed by atoms with Gasteiger partial charge in [0.1, 0.15) is 0 Å². The number of rotatable bonds is 0. The van der Waals surface area contributed by atoms with Crippen molar-refractivity contribution in [1.29, 1.82) is 0 Å². The Morgan fingerprint density at radius 1 is 1.18 bits per heavy atom. The molecule has 0 N–H and O–H groups in total. The molecule has 0 saturated heterocycles. The summed E-state index contributed by atoms with van der Waals surface area (Å²) in [5.41, 5.74) is 1.85. The van der Waals surface area contributed by atoms with Gasteiger partial charge < -0.3 is 0 Å². The molecule has 3 rings (SSSR count). The van der Waals surface area contributed by atoms with Crippen LogP contribution in [0.5, 0.6) is 0 Å². The minimum absolute atomic E-state index is 1.01. The van der Waals surface area contributed by atoms with Crippen molar-refractivity contribution in [2.24, 2.45) is 17.8 Å². The Hall–Kier alpha value is -0.260. The van der Waals surface area contributed by atoms with E-state index < -0.39 is 0 Å². The Morgan fingerprint density at radius 3 is 3.09 bits per heavy atom. The molecule has 0 radical (unpaired) electrons. The first-order chi connectivity index (χ1) is 5.43. The van der Waals surface area contributed by atoms with Crippen LogP contribution >= 0.6 is 0 Å². The van der Waals surface area contributed by atoms with Gasteiger partial charge in [-0.3, -0.25) is 0 Å². The standard InChI is InChI=1S/C11H16/c1-2-4-10-6-8-5-9(3-1)11(10)7-8/h5,8,10-11H,1-4,6-7H2/t8-,10-,11-/m1/s1. The van der Waals surface area contributed by atoms with Crippen molar-refractivity contribution in [2.75, 3.05) is 0 Å². The molecule has 60 valence electrons. The Bertz CT molecular complexity index is 202. The van der Waals surface area contributed by atoms with E-state index in [1.54, 1.807) is 6.42 Å². The summed E-state index contributed by atoms with van der Waals surface area (Å²) in [7, 11) is 0. The van der Waals surface area contributed by atoms with Crippen LogP contribution < -0.4 is 0 Å². The maximum absolute atomic E-state index is 2.60. The quantitative estimate of drug-likeness (QED) is 0.463. The highest BCUT2D eigenvalue weighted by atomic mass is 14.5. The van der Waals surface area contributed by atoms with Crippen LogP contribution in [0.15, 0.2) is 11.6 Å². The molecule has 0 aromatic carbocycles. The van der Waals surface area contributed by atoms with Crippen LogP contribution in [0.1, 0.15) is 38.5 Å². The molecule has 0 aliphatic heterocycles. The van der Waals surface area contributed by atoms with Crippen molar-refractivity contribution < 1.29 is 0 Å². The van der Waals surface area contributed by atoms with Gasteiger partial charge >= 0.3 is 0 Å². The van der Waals surface area contributed by atoms with Crippen LogP contribution in [0.2, 0.25) is 0 Å². The molecule has 11 heavy (non-hydrogen) atoms. The second-order valence-corrected chi connectivity index (χ2v) is 4.59. The molecule has 0 spiro atoms. The van der Waals surface area contributed by atoms with E-state index in [2.05, 4.69) is 6.08 Å². The van der Waals surface area contributed by atoms with Gasteiger partial charge in [0.05, 0.1) is 0 Å². The molecule has 0 aromatic heterocycles. The molecule has 0 amide bonds. The lowest BCUT2D eigenvalue weighted by atomic mass is 9.86. The number of hydrogen-bond acceptors (Lipinski definition) is 0. The lowest BCUT2D eigenvalue weighted by molar-refractivity contribution is 0.410. The second-order valence-electron chi connectivity index (χ2n) is 4.59. The maximum atomic E-state index is 2.60. The third-order valence-electron chi connectivity index (χ3n) is 3.95. The first-order valence-corrected chi connectivity index (χ1v) is 5.14. The minimum Gasteiger partial charge on any atom is -0.0819 e. The van der Waals surface area contributed by atoms with Gasteiger partial charge in [-0.25, -0.2) is 0 Å². The van der Waals surface area contributed by atoms with Crippen molar-refractivity contribution >= 4 is 0 Å². The van der Waals surface area contributed by atoms with E-state index in [1.807, 2.05) is 5.57 Å². The van der Waals surface area contributed by atoms with Crippen LogP contribution in [0.25, 0.3) is 0 Å². The molecule has 2 bridgehead atoms. The largest absolute Gasteiger partial charge is 0.0819 e. The summed E-state index contributed by atoms with van der Waals surface area (Å²) < 4.78 is 0. The fourth-order valence-electron chi connectivity index (χ4n) is 3.51. The summed E-state index contributed by atoms with van der Waals surface area (Å²) in [4.78, 5) is 0. The number of fused-ring (bicyclic) bond motifs is 1. The zero-order valence-electron chi connectivity index (χ0n) is 7.05. The molecule has 3 aliphatic carbocycles. The lowest BCUT2D eigenvalue weighted by Crippen LogP contribution is -2.08. The van der Waals surface area contributed by atoms with Crippen LogP contribution in [-0.2, 0) is 0 Å². The highest BCUT2D eigenvalue weighted by Gasteiger charge is 2.40. The van der Waals surface area contributed by atoms with E-state index in [0.29, 0.717) is 0 Å². The summed E-state index contributed by atoms with van der Waals surface area (Å²) in [6.07, 6.45) is 11.6. The summed E-state index contributed by atoms with van der Waals surface area (Å²) in [5, 5.41) is 0. The Morgan fingerprint density at radius 2 is 2.18 bits per heavy atom. The molecule has 0 nitrogen and oxygen atoms in total. The highest BCUT2D eigenvalue weighted by molar-refractivity contribution is 5.22. The lowest BCUT2D eigenvalue weighted by Gasteiger charge is -2.19. The minimum atomic E-state index is 1.01. The third kappa shape index (κ3) is 0.816. The van der Waals surface area contributed by atoms with Crippen LogP contribution in [0, 0.1) is 17.8 Å². The van der Waals surface area contributed by atoms with Crippen molar-refractivity contribution in [1.82, 2.24) is 0 Å². The van der Waals surface area contributed by atoms with Crippen LogP contribution in [-0.4, -0.2) is 0 Å². The first kappa shape index (κ1) is 6.28. The molecular weight excluding hydrogens is 132 g/mol. The van der Waals surface area contributed by atoms with E-state index >= 15 is 0 Å². The topological polar surface area (TPSA) is 0 Å². The van der Waals surface area contributed by atoms with Crippen molar-refractivity contribution in [3.05, 3.63) is 11.6 Å². The van der Waals surface area contributed by atoms with Gasteiger partial charge in [0.2, 0.25) is 0 Å². The monoisotopic (exact) mass is 148 g/mol. The average molecular weight is 148 g/mol. The molecule has 2 fully saturated rings. The van der Waals surface area contributed by atoms with Crippen molar-refractivity contribution in [2.45, 2.75) is 38.5 Å². The zero-order chi connectivity index (χ0) is 7.26. The van der Waals surface area contributed by atoms with Crippen LogP contribution in [0.4, 0.5) is 0 Å². The number of allylic oxidation sites excluding steroid dienone is 2. The van der Waals surface area contributed by atoms with E-state index in [4.69, 9.17) is 0 Å². The van der Waals surface area contributed by atoms with Crippen molar-refractivity contribution in [3.63, 3.8) is 0 Å². The molecule has 0 heteroatoms. The predicted molar refractivity (Wildman–Crippen MR) is 46.3 cm³/mol. The van der Waals surface area contributed by atoms with E-state index in [9.17, 15) is 0 Å². The van der Waals surface area contributed by atoms with E-state index in [-0.39, 0.29) is 0 Å². The summed E-state index contributed by atoms with van der Waals surface area (Å²) in [5.74, 6) is 3.18. The fraction of sp³-hybridized carbons (Fsp3) is 0.818. The SMILES string of the molecule is C1=C2CCCC[C@@H]3C[C@@H]1C[C@H]23. The molecule has 0 aromatic rings. The fourth-order valence-corrected chi connectivity index (χ4v) is 3.51. The molecule has 3 aliphatic rings. The maximum Gasteiger partial charge on any atom is -0.0169 e. The normalized spacial score (nSPS) is 47.3. The smallest absolute Gasteiger partial charge is 0.0169 e. The molecule has 3 atom stereocenters. The number of hydrogen-bond donors (Lipinski definition) is 0. The summed E-state index contributed by atoms with van der Waals surface area (Å²) in [6.45, 7) is 0. The molecular formula is C11H16. The van der Waals surface area contributed by atoms with Gasteiger partial charge in [-0.15, -0.1) is 0 Å². The van der Waals surface area contributed by atoms with Gasteiger partial charge in [-0.1, -0.05) is 18.1 Å². The predicted octanol–water partition coefficient (Wildman–Crippen LogP) is 3.14. The second kappa shape index (κ2) is 2.12. The molecule has 2 saturated carbocycles. The van der Waals surface area contributed by atoms with Crippen molar-refractivity contribution in [3.8, 4) is 0 Å². The van der Waals surface area contributed by atoms with Gasteiger partial charge in [0, 0.05) is 0 Å². The van der Waals surface area contributed by atoms with E-state index in [1.165, 1.54) is 32.1 Å². The summed E-state index contributed by atoms with van der Waals surface area (Å²) in [6, 6.07) is 0. The zero-order valence-corrected chi connectivity index (χ0v) is 7.05. The van der Waals surface area contributed by atoms with Crippen LogP contribution in [0.3, 0.4) is 0 Å². The third-order valence-corrected chi connectivity index (χ3v) is 3.95. The van der Waals surface area contributed by atoms with Gasteiger partial charge in [-0.05, 0) is 49.9 Å². The highest BCUT2D eigenvalue weighted by Crippen LogP contribution is 2.52. The summed E-state index contributed by atoms with van der Waals surface area (Å²) >= 11 is 0. The van der Waals surface area contributed by atoms with Gasteiger partial charge in [0.25, 0.3) is 0 Å².